The molecule has 70 valence electrons. The molecule has 13 heavy (non-hydrogen) atoms. The molecule has 0 bridgehead atoms. The highest BCUT2D eigenvalue weighted by atomic mass is 16.5. The van der Waals surface area contributed by atoms with Gasteiger partial charge in [-0.05, 0) is 12.5 Å². The molecule has 0 fully saturated rings. The number of carbonyl (C=O) groups is 1. The van der Waals surface area contributed by atoms with E-state index in [0.29, 0.717) is 5.56 Å². The molecule has 3 heteroatoms. The average Bonchev–Trinajstić information content (AvgIpc) is 2.04. The van der Waals surface area contributed by atoms with E-state index in [4.69, 9.17) is 9.84 Å². The Hall–Kier alpha value is -1.35. The van der Waals surface area contributed by atoms with Crippen LogP contribution in [0.15, 0.2) is 24.3 Å². The number of ether oxygens (including phenoxy) is 1. The summed E-state index contributed by atoms with van der Waals surface area (Å²) in [5.41, 5.74) is 1.70. The van der Waals surface area contributed by atoms with E-state index in [-0.39, 0.29) is 0 Å². The molecular formula is C10H12O3. The fraction of sp³-hybridized carbons (Fsp3) is 0.300. The topological polar surface area (TPSA) is 46.5 Å². The molecule has 0 heterocycles. The van der Waals surface area contributed by atoms with Crippen LogP contribution in [0.25, 0.3) is 0 Å². The van der Waals surface area contributed by atoms with Crippen molar-refractivity contribution in [3.8, 4) is 0 Å². The Balaban J connectivity index is 2.98. The highest BCUT2D eigenvalue weighted by Crippen LogP contribution is 2.17. The van der Waals surface area contributed by atoms with Crippen molar-refractivity contribution in [3.05, 3.63) is 35.4 Å². The standard InChI is InChI=1S/C10H12O3/c1-7-4-3-5-8(6-7)9(13-2)10(11)12/h3-6,9H,1-2H3,(H,11,12)/t9-/m1/s1. The second-order valence-corrected chi connectivity index (χ2v) is 2.87. The van der Waals surface area contributed by atoms with Crippen molar-refractivity contribution in [2.24, 2.45) is 0 Å². The summed E-state index contributed by atoms with van der Waals surface area (Å²) in [7, 11) is 1.39. The summed E-state index contributed by atoms with van der Waals surface area (Å²) in [4.78, 5) is 10.7. The summed E-state index contributed by atoms with van der Waals surface area (Å²) in [6.45, 7) is 1.91. The number of benzene rings is 1. The molecule has 1 aromatic carbocycles. The second-order valence-electron chi connectivity index (χ2n) is 2.87. The van der Waals surface area contributed by atoms with Gasteiger partial charge in [-0.15, -0.1) is 0 Å². The molecule has 1 N–H and O–H groups in total. The van der Waals surface area contributed by atoms with Gasteiger partial charge in [-0.2, -0.15) is 0 Å². The van der Waals surface area contributed by atoms with Crippen molar-refractivity contribution in [3.63, 3.8) is 0 Å². The SMILES string of the molecule is CO[C@@H](C(=O)O)c1cccc(C)c1. The van der Waals surface area contributed by atoms with Gasteiger partial charge in [0.05, 0.1) is 0 Å². The van der Waals surface area contributed by atoms with Gasteiger partial charge < -0.3 is 9.84 Å². The molecule has 0 unspecified atom stereocenters. The molecule has 0 aliphatic rings. The number of hydrogen-bond acceptors (Lipinski definition) is 2. The smallest absolute Gasteiger partial charge is 0.337 e. The maximum atomic E-state index is 10.7. The normalized spacial score (nSPS) is 12.5. The lowest BCUT2D eigenvalue weighted by Gasteiger charge is -2.10. The lowest BCUT2D eigenvalue weighted by Crippen LogP contribution is -2.13. The van der Waals surface area contributed by atoms with Crippen LogP contribution >= 0.6 is 0 Å². The van der Waals surface area contributed by atoms with Crippen molar-refractivity contribution in [2.45, 2.75) is 13.0 Å². The van der Waals surface area contributed by atoms with Crippen molar-refractivity contribution < 1.29 is 14.6 Å². The van der Waals surface area contributed by atoms with Crippen molar-refractivity contribution in [2.75, 3.05) is 7.11 Å². The van der Waals surface area contributed by atoms with Gasteiger partial charge in [0.15, 0.2) is 6.10 Å². The average molecular weight is 180 g/mol. The molecule has 3 nitrogen and oxygen atoms in total. The van der Waals surface area contributed by atoms with Gasteiger partial charge in [-0.3, -0.25) is 0 Å². The van der Waals surface area contributed by atoms with E-state index in [1.165, 1.54) is 7.11 Å². The molecule has 1 aromatic rings. The Morgan fingerprint density at radius 1 is 1.54 bits per heavy atom. The van der Waals surface area contributed by atoms with Gasteiger partial charge in [-0.25, -0.2) is 4.79 Å². The number of carboxylic acid groups (broad SMARTS) is 1. The van der Waals surface area contributed by atoms with Gasteiger partial charge in [0, 0.05) is 7.11 Å². The van der Waals surface area contributed by atoms with E-state index < -0.39 is 12.1 Å². The van der Waals surface area contributed by atoms with Crippen LogP contribution in [-0.2, 0) is 9.53 Å². The Morgan fingerprint density at radius 2 is 2.23 bits per heavy atom. The summed E-state index contributed by atoms with van der Waals surface area (Å²) in [5.74, 6) is -0.965. The monoisotopic (exact) mass is 180 g/mol. The molecule has 0 aromatic heterocycles. The molecule has 0 radical (unpaired) electrons. The molecule has 1 rings (SSSR count). The van der Waals surface area contributed by atoms with E-state index >= 15 is 0 Å². The Bertz CT molecular complexity index is 307. The van der Waals surface area contributed by atoms with Crippen LogP contribution in [-0.4, -0.2) is 18.2 Å². The summed E-state index contributed by atoms with van der Waals surface area (Å²) < 4.78 is 4.85. The first-order chi connectivity index (χ1) is 6.15. The van der Waals surface area contributed by atoms with Gasteiger partial charge in [-0.1, -0.05) is 29.8 Å². The molecule has 1 atom stereocenters. The summed E-state index contributed by atoms with van der Waals surface area (Å²) in [5, 5.41) is 8.79. The predicted octanol–water partition coefficient (Wildman–Crippen LogP) is 1.77. The fourth-order valence-electron chi connectivity index (χ4n) is 1.21. The van der Waals surface area contributed by atoms with E-state index in [9.17, 15) is 4.79 Å². The molecule has 0 amide bonds. The largest absolute Gasteiger partial charge is 0.479 e. The zero-order chi connectivity index (χ0) is 9.84. The number of hydrogen-bond donors (Lipinski definition) is 1. The lowest BCUT2D eigenvalue weighted by atomic mass is 10.1. The quantitative estimate of drug-likeness (QED) is 0.771. The number of rotatable bonds is 3. The lowest BCUT2D eigenvalue weighted by molar-refractivity contribution is -0.148. The third kappa shape index (κ3) is 2.29. The fourth-order valence-corrected chi connectivity index (χ4v) is 1.21. The predicted molar refractivity (Wildman–Crippen MR) is 48.6 cm³/mol. The van der Waals surface area contributed by atoms with Crippen molar-refractivity contribution in [1.29, 1.82) is 0 Å². The molecule has 0 saturated heterocycles. The first-order valence-corrected chi connectivity index (χ1v) is 3.97. The third-order valence-electron chi connectivity index (χ3n) is 1.80. The van der Waals surface area contributed by atoms with Gasteiger partial charge in [0.2, 0.25) is 0 Å². The molecule has 0 aliphatic carbocycles. The summed E-state index contributed by atoms with van der Waals surface area (Å²) >= 11 is 0. The summed E-state index contributed by atoms with van der Waals surface area (Å²) in [6, 6.07) is 7.29. The maximum Gasteiger partial charge on any atom is 0.337 e. The molecule has 0 spiro atoms. The van der Waals surface area contributed by atoms with E-state index in [0.717, 1.165) is 5.56 Å². The van der Waals surface area contributed by atoms with Crippen molar-refractivity contribution >= 4 is 5.97 Å². The van der Waals surface area contributed by atoms with E-state index in [2.05, 4.69) is 0 Å². The van der Waals surface area contributed by atoms with Crippen LogP contribution in [0.2, 0.25) is 0 Å². The van der Waals surface area contributed by atoms with Crippen LogP contribution < -0.4 is 0 Å². The number of methoxy groups -OCH3 is 1. The van der Waals surface area contributed by atoms with E-state index in [1.54, 1.807) is 6.07 Å². The Labute approximate surface area is 77.0 Å². The highest BCUT2D eigenvalue weighted by molar-refractivity contribution is 5.74. The maximum absolute atomic E-state index is 10.7. The zero-order valence-electron chi connectivity index (χ0n) is 7.65. The van der Waals surface area contributed by atoms with Gasteiger partial charge >= 0.3 is 5.97 Å². The second kappa shape index (κ2) is 4.05. The van der Waals surface area contributed by atoms with Crippen LogP contribution in [0.1, 0.15) is 17.2 Å². The minimum Gasteiger partial charge on any atom is -0.479 e. The minimum absolute atomic E-state index is 0.676. The van der Waals surface area contributed by atoms with Crippen LogP contribution in [0, 0.1) is 6.92 Å². The molecule has 0 saturated carbocycles. The highest BCUT2D eigenvalue weighted by Gasteiger charge is 2.18. The van der Waals surface area contributed by atoms with Gasteiger partial charge in [0.25, 0.3) is 0 Å². The number of aliphatic carboxylic acids is 1. The molecule has 0 aliphatic heterocycles. The Kier molecular flexibility index (Phi) is 3.03. The van der Waals surface area contributed by atoms with Crippen LogP contribution in [0.4, 0.5) is 0 Å². The first-order valence-electron chi connectivity index (χ1n) is 3.97. The number of aryl methyl sites for hydroxylation is 1. The third-order valence-corrected chi connectivity index (χ3v) is 1.80. The first kappa shape index (κ1) is 9.74. The van der Waals surface area contributed by atoms with Crippen LogP contribution in [0.3, 0.4) is 0 Å². The number of carboxylic acids is 1. The molecular weight excluding hydrogens is 168 g/mol. The summed E-state index contributed by atoms with van der Waals surface area (Å²) in [6.07, 6.45) is -0.861. The zero-order valence-corrected chi connectivity index (χ0v) is 7.65. The minimum atomic E-state index is -0.965. The van der Waals surface area contributed by atoms with Crippen molar-refractivity contribution in [1.82, 2.24) is 0 Å². The van der Waals surface area contributed by atoms with Gasteiger partial charge in [0.1, 0.15) is 0 Å². The van der Waals surface area contributed by atoms with E-state index in [1.807, 2.05) is 25.1 Å². The Morgan fingerprint density at radius 3 is 2.69 bits per heavy atom. The van der Waals surface area contributed by atoms with Crippen LogP contribution in [0.5, 0.6) is 0 Å².